The molecule has 1 spiro atoms. The molecule has 5 heteroatoms. The van der Waals surface area contributed by atoms with Gasteiger partial charge in [-0.25, -0.2) is 4.90 Å². The number of fused-ring (bicyclic) bond motifs is 3. The Hall–Kier alpha value is -2.43. The van der Waals surface area contributed by atoms with Crippen molar-refractivity contribution in [2.75, 3.05) is 16.3 Å². The Bertz CT molecular complexity index is 831. The lowest BCUT2D eigenvalue weighted by molar-refractivity contribution is -0.122. The zero-order valence-corrected chi connectivity index (χ0v) is 14.7. The van der Waals surface area contributed by atoms with Crippen molar-refractivity contribution in [2.24, 2.45) is 11.8 Å². The summed E-state index contributed by atoms with van der Waals surface area (Å²) in [6, 6.07) is 5.65. The fourth-order valence-electron chi connectivity index (χ4n) is 5.11. The monoisotopic (exact) mass is 350 g/mol. The molecule has 26 heavy (non-hydrogen) atoms. The third-order valence-electron chi connectivity index (χ3n) is 6.60. The van der Waals surface area contributed by atoms with Crippen molar-refractivity contribution >= 4 is 29.1 Å². The van der Waals surface area contributed by atoms with Gasteiger partial charge in [0.15, 0.2) is 0 Å². The summed E-state index contributed by atoms with van der Waals surface area (Å²) in [6.45, 7) is 4.21. The Kier molecular flexibility index (Phi) is 3.21. The number of hydrogen-bond acceptors (Lipinski definition) is 3. The Morgan fingerprint density at radius 1 is 1.08 bits per heavy atom. The highest BCUT2D eigenvalue weighted by atomic mass is 16.2. The first kappa shape index (κ1) is 15.8. The molecule has 2 aliphatic carbocycles. The Morgan fingerprint density at radius 2 is 1.73 bits per heavy atom. The maximum atomic E-state index is 12.9. The second-order valence-corrected chi connectivity index (χ2v) is 8.00. The Balaban J connectivity index is 1.56. The van der Waals surface area contributed by atoms with E-state index in [0.717, 1.165) is 49.8 Å². The second kappa shape index (κ2) is 5.29. The molecule has 2 unspecified atom stereocenters. The van der Waals surface area contributed by atoms with Crippen molar-refractivity contribution in [2.45, 2.75) is 43.9 Å². The van der Waals surface area contributed by atoms with Gasteiger partial charge in [-0.2, -0.15) is 0 Å². The van der Waals surface area contributed by atoms with Crippen molar-refractivity contribution in [3.05, 3.63) is 36.4 Å². The van der Waals surface area contributed by atoms with Gasteiger partial charge in [-0.05, 0) is 43.4 Å². The molecule has 4 aliphatic rings. The molecule has 5 rings (SSSR count). The van der Waals surface area contributed by atoms with Gasteiger partial charge in [0.1, 0.15) is 0 Å². The summed E-state index contributed by atoms with van der Waals surface area (Å²) in [7, 11) is 0. The summed E-state index contributed by atoms with van der Waals surface area (Å²) >= 11 is 0. The summed E-state index contributed by atoms with van der Waals surface area (Å²) in [6.07, 6.45) is 7.11. The average molecular weight is 350 g/mol. The van der Waals surface area contributed by atoms with Crippen molar-refractivity contribution in [1.82, 2.24) is 0 Å². The van der Waals surface area contributed by atoms with E-state index in [0.29, 0.717) is 12.2 Å². The molecule has 2 saturated carbocycles. The van der Waals surface area contributed by atoms with Crippen molar-refractivity contribution in [3.8, 4) is 0 Å². The van der Waals surface area contributed by atoms with Crippen LogP contribution in [0.25, 0.3) is 0 Å². The zero-order chi connectivity index (χ0) is 18.1. The van der Waals surface area contributed by atoms with Gasteiger partial charge in [0.25, 0.3) is 0 Å². The number of hydrogen-bond donors (Lipinski definition) is 0. The molecule has 2 atom stereocenters. The minimum absolute atomic E-state index is 0.0691. The van der Waals surface area contributed by atoms with Crippen LogP contribution in [0.15, 0.2) is 30.9 Å². The molecule has 0 radical (unpaired) electrons. The first-order valence-corrected chi connectivity index (χ1v) is 9.54. The normalized spacial score (nSPS) is 28.5. The van der Waals surface area contributed by atoms with Crippen LogP contribution in [0.5, 0.6) is 0 Å². The molecule has 3 fully saturated rings. The van der Waals surface area contributed by atoms with Gasteiger partial charge in [-0.1, -0.05) is 25.0 Å². The summed E-state index contributed by atoms with van der Waals surface area (Å²) in [5, 5.41) is 0. The number of rotatable bonds is 3. The molecule has 134 valence electrons. The van der Waals surface area contributed by atoms with Gasteiger partial charge in [-0.15, -0.1) is 6.58 Å². The molecule has 5 nitrogen and oxygen atoms in total. The van der Waals surface area contributed by atoms with Gasteiger partial charge < -0.3 is 4.90 Å². The number of anilines is 2. The van der Waals surface area contributed by atoms with Crippen molar-refractivity contribution in [3.63, 3.8) is 0 Å². The zero-order valence-electron chi connectivity index (χ0n) is 14.7. The number of benzene rings is 1. The first-order chi connectivity index (χ1) is 12.6. The maximum Gasteiger partial charge on any atom is 0.238 e. The fourth-order valence-corrected chi connectivity index (χ4v) is 5.11. The van der Waals surface area contributed by atoms with Crippen LogP contribution in [0.2, 0.25) is 0 Å². The molecule has 1 aromatic carbocycles. The highest BCUT2D eigenvalue weighted by molar-refractivity contribution is 6.22. The van der Waals surface area contributed by atoms with E-state index in [1.54, 1.807) is 11.0 Å². The lowest BCUT2D eigenvalue weighted by atomic mass is 9.81. The molecular weight excluding hydrogens is 328 g/mol. The van der Waals surface area contributed by atoms with Crippen LogP contribution in [0.1, 0.15) is 44.1 Å². The maximum absolute atomic E-state index is 12.9. The van der Waals surface area contributed by atoms with Gasteiger partial charge in [-0.3, -0.25) is 14.4 Å². The topological polar surface area (TPSA) is 57.7 Å². The molecule has 1 saturated heterocycles. The van der Waals surface area contributed by atoms with Crippen LogP contribution in [0.4, 0.5) is 11.4 Å². The van der Waals surface area contributed by atoms with E-state index >= 15 is 0 Å². The van der Waals surface area contributed by atoms with E-state index in [-0.39, 0.29) is 35.0 Å². The lowest BCUT2D eigenvalue weighted by Gasteiger charge is -2.19. The molecule has 2 heterocycles. The SMILES string of the molecule is C=CCN1C(=O)C2(CC2)c2ccc(N3C(=O)C4CCCCC4C3=O)cc21. The minimum Gasteiger partial charge on any atom is -0.307 e. The smallest absolute Gasteiger partial charge is 0.238 e. The molecule has 2 aliphatic heterocycles. The third-order valence-corrected chi connectivity index (χ3v) is 6.60. The van der Waals surface area contributed by atoms with Gasteiger partial charge in [0, 0.05) is 6.54 Å². The number of amides is 3. The summed E-state index contributed by atoms with van der Waals surface area (Å²) in [5.41, 5.74) is 2.10. The van der Waals surface area contributed by atoms with Crippen molar-refractivity contribution < 1.29 is 14.4 Å². The molecular formula is C21H22N2O3. The molecule has 0 aromatic heterocycles. The van der Waals surface area contributed by atoms with E-state index in [2.05, 4.69) is 6.58 Å². The number of carbonyl (C=O) groups excluding carboxylic acids is 3. The minimum atomic E-state index is -0.371. The van der Waals surface area contributed by atoms with Crippen LogP contribution in [-0.4, -0.2) is 24.3 Å². The lowest BCUT2D eigenvalue weighted by Crippen LogP contribution is -2.32. The van der Waals surface area contributed by atoms with Crippen LogP contribution in [-0.2, 0) is 19.8 Å². The van der Waals surface area contributed by atoms with E-state index in [4.69, 9.17) is 0 Å². The number of imide groups is 1. The Morgan fingerprint density at radius 3 is 2.31 bits per heavy atom. The molecule has 0 N–H and O–H groups in total. The second-order valence-electron chi connectivity index (χ2n) is 8.00. The molecule has 3 amide bonds. The van der Waals surface area contributed by atoms with E-state index in [1.807, 2.05) is 18.2 Å². The largest absolute Gasteiger partial charge is 0.307 e. The van der Waals surface area contributed by atoms with E-state index < -0.39 is 0 Å². The highest BCUT2D eigenvalue weighted by Crippen LogP contribution is 2.58. The van der Waals surface area contributed by atoms with Crippen LogP contribution in [0.3, 0.4) is 0 Å². The predicted molar refractivity (Wildman–Crippen MR) is 97.8 cm³/mol. The average Bonchev–Trinajstić information content (AvgIpc) is 3.38. The highest BCUT2D eigenvalue weighted by Gasteiger charge is 2.59. The molecule has 0 bridgehead atoms. The van der Waals surface area contributed by atoms with E-state index in [9.17, 15) is 14.4 Å². The summed E-state index contributed by atoms with van der Waals surface area (Å²) < 4.78 is 0. The summed E-state index contributed by atoms with van der Waals surface area (Å²) in [4.78, 5) is 41.7. The van der Waals surface area contributed by atoms with E-state index in [1.165, 1.54) is 4.90 Å². The van der Waals surface area contributed by atoms with Gasteiger partial charge in [0.2, 0.25) is 17.7 Å². The summed E-state index contributed by atoms with van der Waals surface area (Å²) in [5.74, 6) is -0.339. The predicted octanol–water partition coefficient (Wildman–Crippen LogP) is 2.93. The fraction of sp³-hybridized carbons (Fsp3) is 0.476. The van der Waals surface area contributed by atoms with Crippen LogP contribution < -0.4 is 9.80 Å². The van der Waals surface area contributed by atoms with Crippen molar-refractivity contribution in [1.29, 1.82) is 0 Å². The van der Waals surface area contributed by atoms with Gasteiger partial charge in [0.05, 0.1) is 28.6 Å². The quantitative estimate of drug-likeness (QED) is 0.622. The molecule has 1 aromatic rings. The number of nitrogens with zero attached hydrogens (tertiary/aromatic N) is 2. The van der Waals surface area contributed by atoms with Crippen LogP contribution in [0, 0.1) is 11.8 Å². The van der Waals surface area contributed by atoms with Crippen LogP contribution >= 0.6 is 0 Å². The number of carbonyl (C=O) groups is 3. The third kappa shape index (κ3) is 1.89. The standard InChI is InChI=1S/C21H22N2O3/c1-2-11-22-17-12-13(7-8-16(17)21(9-10-21)20(22)26)23-18(24)14-5-3-4-6-15(14)19(23)25/h2,7-8,12,14-15H,1,3-6,9-11H2. The van der Waals surface area contributed by atoms with Gasteiger partial charge >= 0.3 is 0 Å². The Labute approximate surface area is 152 Å². The first-order valence-electron chi connectivity index (χ1n) is 9.54.